The van der Waals surface area contributed by atoms with Crippen molar-refractivity contribution in [2.24, 2.45) is 11.3 Å². The van der Waals surface area contributed by atoms with Gasteiger partial charge in [0.05, 0.1) is 0 Å². The first-order chi connectivity index (χ1) is 11.0. The lowest BCUT2D eigenvalue weighted by Crippen LogP contribution is -2.42. The number of nitrogens with one attached hydrogen (secondary N) is 2. The van der Waals surface area contributed by atoms with Crippen molar-refractivity contribution >= 4 is 11.9 Å². The highest BCUT2D eigenvalue weighted by Gasteiger charge is 2.61. The maximum absolute atomic E-state index is 12.3. The molecule has 2 unspecified atom stereocenters. The maximum Gasteiger partial charge on any atom is 0.317 e. The van der Waals surface area contributed by atoms with Gasteiger partial charge in [0.25, 0.3) is 0 Å². The Morgan fingerprint density at radius 1 is 1.48 bits per heavy atom. The summed E-state index contributed by atoms with van der Waals surface area (Å²) in [6.45, 7) is 5.85. The predicted molar refractivity (Wildman–Crippen MR) is 86.5 cm³/mol. The molecule has 1 aliphatic heterocycles. The normalized spacial score (nSPS) is 25.7. The average molecular weight is 316 g/mol. The zero-order valence-corrected chi connectivity index (χ0v) is 13.7. The third-order valence-corrected chi connectivity index (χ3v) is 4.78. The first-order valence-corrected chi connectivity index (χ1v) is 8.22. The molecule has 0 radical (unpaired) electrons. The number of carbonyl (C=O) groups excluding carboxylic acids is 2. The number of nitrogens with zero attached hydrogens (tertiary/aromatic N) is 2. The third-order valence-electron chi connectivity index (χ3n) is 4.78. The number of hydrogen-bond acceptors (Lipinski definition) is 3. The van der Waals surface area contributed by atoms with E-state index in [1.54, 1.807) is 12.4 Å². The van der Waals surface area contributed by atoms with Crippen LogP contribution >= 0.6 is 0 Å². The second-order valence-electron chi connectivity index (χ2n) is 6.97. The molecular weight excluding hydrogens is 292 g/mol. The lowest BCUT2D eigenvalue weighted by molar-refractivity contribution is -0.123. The second kappa shape index (κ2) is 6.18. The molecule has 0 bridgehead atoms. The number of carbonyl (C=O) groups is 2. The van der Waals surface area contributed by atoms with Crippen molar-refractivity contribution in [2.75, 3.05) is 13.1 Å². The predicted octanol–water partition coefficient (Wildman–Crippen LogP) is 1.53. The Balaban J connectivity index is 1.49. The van der Waals surface area contributed by atoms with Gasteiger partial charge >= 0.3 is 6.03 Å². The van der Waals surface area contributed by atoms with Crippen molar-refractivity contribution in [3.8, 4) is 0 Å². The Kier molecular flexibility index (Phi) is 4.24. The molecular formula is C17H24N4O2. The molecule has 2 fully saturated rings. The van der Waals surface area contributed by atoms with Gasteiger partial charge < -0.3 is 15.5 Å². The van der Waals surface area contributed by atoms with Crippen LogP contribution in [0.3, 0.4) is 0 Å². The molecule has 23 heavy (non-hydrogen) atoms. The van der Waals surface area contributed by atoms with Crippen LogP contribution in [-0.4, -0.2) is 41.0 Å². The molecule has 2 aliphatic rings. The monoisotopic (exact) mass is 316 g/mol. The van der Waals surface area contributed by atoms with Crippen molar-refractivity contribution in [3.63, 3.8) is 0 Å². The summed E-state index contributed by atoms with van der Waals surface area (Å²) in [6, 6.07) is 3.93. The summed E-state index contributed by atoms with van der Waals surface area (Å²) in [7, 11) is 0. The first-order valence-electron chi connectivity index (χ1n) is 8.22. The lowest BCUT2D eigenvalue weighted by atomic mass is 10.0. The van der Waals surface area contributed by atoms with Crippen molar-refractivity contribution in [2.45, 2.75) is 39.3 Å². The van der Waals surface area contributed by atoms with E-state index in [0.717, 1.165) is 24.9 Å². The van der Waals surface area contributed by atoms with Crippen molar-refractivity contribution in [1.29, 1.82) is 0 Å². The van der Waals surface area contributed by atoms with Gasteiger partial charge in [0, 0.05) is 49.4 Å². The Morgan fingerprint density at radius 3 is 3.00 bits per heavy atom. The van der Waals surface area contributed by atoms with Gasteiger partial charge in [-0.1, -0.05) is 6.07 Å². The van der Waals surface area contributed by atoms with Crippen LogP contribution in [0, 0.1) is 11.3 Å². The highest BCUT2D eigenvalue weighted by atomic mass is 16.2. The van der Waals surface area contributed by atoms with Crippen LogP contribution in [0.5, 0.6) is 0 Å². The molecule has 1 saturated carbocycles. The van der Waals surface area contributed by atoms with Gasteiger partial charge in [-0.3, -0.25) is 9.78 Å². The zero-order valence-electron chi connectivity index (χ0n) is 13.7. The topological polar surface area (TPSA) is 74.3 Å². The Hall–Kier alpha value is -2.11. The number of amides is 3. The second-order valence-corrected chi connectivity index (χ2v) is 6.97. The van der Waals surface area contributed by atoms with Gasteiger partial charge in [-0.25, -0.2) is 4.79 Å². The molecule has 3 rings (SSSR count). The number of likely N-dealkylation sites (tertiary alicyclic amines) is 1. The van der Waals surface area contributed by atoms with Crippen LogP contribution in [0.2, 0.25) is 0 Å². The molecule has 124 valence electrons. The molecule has 6 nitrogen and oxygen atoms in total. The minimum Gasteiger partial charge on any atom is -0.352 e. The maximum atomic E-state index is 12.3. The van der Waals surface area contributed by atoms with Crippen LogP contribution in [0.25, 0.3) is 0 Å². The van der Waals surface area contributed by atoms with Gasteiger partial charge in [-0.2, -0.15) is 0 Å². The number of pyridine rings is 1. The smallest absolute Gasteiger partial charge is 0.317 e. The Bertz CT molecular complexity index is 590. The summed E-state index contributed by atoms with van der Waals surface area (Å²) < 4.78 is 0. The quantitative estimate of drug-likeness (QED) is 0.884. The van der Waals surface area contributed by atoms with E-state index >= 15 is 0 Å². The molecule has 2 atom stereocenters. The molecule has 1 aliphatic carbocycles. The van der Waals surface area contributed by atoms with E-state index in [1.807, 2.05) is 30.9 Å². The van der Waals surface area contributed by atoms with Crippen molar-refractivity contribution in [1.82, 2.24) is 20.5 Å². The largest absolute Gasteiger partial charge is 0.352 e. The van der Waals surface area contributed by atoms with Crippen LogP contribution in [0.1, 0.15) is 32.3 Å². The molecule has 6 heteroatoms. The van der Waals surface area contributed by atoms with Gasteiger partial charge in [0.15, 0.2) is 0 Å². The van der Waals surface area contributed by atoms with Crippen LogP contribution in [0.4, 0.5) is 4.79 Å². The van der Waals surface area contributed by atoms with Crippen molar-refractivity contribution < 1.29 is 9.59 Å². The zero-order chi connectivity index (χ0) is 16.4. The van der Waals surface area contributed by atoms with E-state index in [9.17, 15) is 9.59 Å². The van der Waals surface area contributed by atoms with Gasteiger partial charge in [0.2, 0.25) is 5.91 Å². The highest BCUT2D eigenvalue weighted by Crippen LogP contribution is 2.58. The number of urea groups is 1. The van der Waals surface area contributed by atoms with Crippen LogP contribution in [-0.2, 0) is 11.3 Å². The Morgan fingerprint density at radius 2 is 2.30 bits per heavy atom. The summed E-state index contributed by atoms with van der Waals surface area (Å²) in [5.74, 6) is 0.135. The average Bonchev–Trinajstić information content (AvgIpc) is 3.05. The van der Waals surface area contributed by atoms with E-state index in [-0.39, 0.29) is 29.3 Å². The number of aromatic nitrogens is 1. The van der Waals surface area contributed by atoms with E-state index in [1.165, 1.54) is 0 Å². The molecule has 3 amide bonds. The number of hydrogen-bond donors (Lipinski definition) is 2. The summed E-state index contributed by atoms with van der Waals surface area (Å²) in [4.78, 5) is 30.3. The van der Waals surface area contributed by atoms with E-state index < -0.39 is 0 Å². The number of rotatable bonds is 4. The summed E-state index contributed by atoms with van der Waals surface area (Å²) in [5, 5.41) is 5.91. The van der Waals surface area contributed by atoms with Crippen LogP contribution in [0.15, 0.2) is 24.5 Å². The summed E-state index contributed by atoms with van der Waals surface area (Å²) in [5.41, 5.74) is 1.01. The molecule has 1 saturated heterocycles. The molecule has 1 aromatic rings. The summed E-state index contributed by atoms with van der Waals surface area (Å²) >= 11 is 0. The fourth-order valence-electron chi connectivity index (χ4n) is 3.39. The van der Waals surface area contributed by atoms with E-state index in [4.69, 9.17) is 0 Å². The van der Waals surface area contributed by atoms with E-state index in [2.05, 4.69) is 15.6 Å². The molecule has 1 aromatic heterocycles. The van der Waals surface area contributed by atoms with Gasteiger partial charge in [-0.15, -0.1) is 0 Å². The van der Waals surface area contributed by atoms with Crippen molar-refractivity contribution in [3.05, 3.63) is 30.1 Å². The van der Waals surface area contributed by atoms with Crippen LogP contribution < -0.4 is 10.6 Å². The third kappa shape index (κ3) is 3.46. The summed E-state index contributed by atoms with van der Waals surface area (Å²) in [6.07, 6.45) is 5.29. The van der Waals surface area contributed by atoms with E-state index in [0.29, 0.717) is 13.1 Å². The standard InChI is InChI=1S/C17H24N4O2/c1-12(2)20-16(23)21-7-5-17(11-21)8-14(17)15(22)19-10-13-4-3-6-18-9-13/h3-4,6,9,12,14H,5,7-8,10-11H2,1-2H3,(H,19,22)(H,20,23). The first kappa shape index (κ1) is 15.8. The highest BCUT2D eigenvalue weighted by molar-refractivity contribution is 5.83. The molecule has 0 aromatic carbocycles. The lowest BCUT2D eigenvalue weighted by Gasteiger charge is -2.19. The minimum absolute atomic E-state index is 0.00728. The van der Waals surface area contributed by atoms with Gasteiger partial charge in [0.1, 0.15) is 0 Å². The van der Waals surface area contributed by atoms with Gasteiger partial charge in [-0.05, 0) is 38.3 Å². The fraction of sp³-hybridized carbons (Fsp3) is 0.588. The molecule has 1 spiro atoms. The SMILES string of the molecule is CC(C)NC(=O)N1CCC2(CC2C(=O)NCc2cccnc2)C1. The minimum atomic E-state index is -0.0155. The molecule has 2 N–H and O–H groups in total. The molecule has 2 heterocycles. The fourth-order valence-corrected chi connectivity index (χ4v) is 3.39. The Labute approximate surface area is 136 Å².